The number of aryl methyl sites for hydroxylation is 1. The molecule has 3 heteroatoms. The van der Waals surface area contributed by atoms with E-state index in [1.165, 1.54) is 17.0 Å². The molecule has 0 aliphatic carbocycles. The van der Waals surface area contributed by atoms with Crippen molar-refractivity contribution in [1.29, 1.82) is 0 Å². The third-order valence-electron chi connectivity index (χ3n) is 3.15. The summed E-state index contributed by atoms with van der Waals surface area (Å²) in [6, 6.07) is 0. The molecule has 0 radical (unpaired) electrons. The SMILES string of the molecule is CCc1nc(CN(C)C)nc(C(C)(C)C)c1C(C)C. The lowest BCUT2D eigenvalue weighted by Crippen LogP contribution is -2.23. The van der Waals surface area contributed by atoms with Crippen molar-refractivity contribution >= 4 is 0 Å². The molecule has 0 amide bonds. The first-order valence-corrected chi connectivity index (χ1v) is 7.21. The van der Waals surface area contributed by atoms with Crippen LogP contribution in [0.2, 0.25) is 0 Å². The van der Waals surface area contributed by atoms with Gasteiger partial charge in [-0.15, -0.1) is 0 Å². The number of hydrogen-bond acceptors (Lipinski definition) is 3. The van der Waals surface area contributed by atoms with E-state index in [-0.39, 0.29) is 5.41 Å². The molecule has 1 aromatic heterocycles. The first-order valence-electron chi connectivity index (χ1n) is 7.21. The van der Waals surface area contributed by atoms with Crippen molar-refractivity contribution in [2.24, 2.45) is 0 Å². The van der Waals surface area contributed by atoms with Gasteiger partial charge in [0.15, 0.2) is 0 Å². The van der Waals surface area contributed by atoms with Gasteiger partial charge in [0, 0.05) is 11.1 Å². The molecule has 108 valence electrons. The molecule has 0 aliphatic heterocycles. The second kappa shape index (κ2) is 6.00. The molecule has 0 aliphatic rings. The molecule has 0 unspecified atom stereocenters. The Morgan fingerprint density at radius 3 is 2.05 bits per heavy atom. The lowest BCUT2D eigenvalue weighted by atomic mass is 9.83. The summed E-state index contributed by atoms with van der Waals surface area (Å²) >= 11 is 0. The Kier molecular flexibility index (Phi) is 5.08. The minimum Gasteiger partial charge on any atom is -0.302 e. The minimum absolute atomic E-state index is 0.0630. The largest absolute Gasteiger partial charge is 0.302 e. The van der Waals surface area contributed by atoms with E-state index < -0.39 is 0 Å². The Morgan fingerprint density at radius 1 is 1.11 bits per heavy atom. The van der Waals surface area contributed by atoms with E-state index in [9.17, 15) is 0 Å². The fourth-order valence-corrected chi connectivity index (χ4v) is 2.37. The summed E-state index contributed by atoms with van der Waals surface area (Å²) in [7, 11) is 4.12. The number of nitrogens with zero attached hydrogens (tertiary/aromatic N) is 3. The molecule has 0 bridgehead atoms. The molecule has 0 aromatic carbocycles. The second-order valence-corrected chi connectivity index (χ2v) is 6.84. The maximum Gasteiger partial charge on any atom is 0.142 e. The summed E-state index contributed by atoms with van der Waals surface area (Å²) in [6.45, 7) is 14.2. The van der Waals surface area contributed by atoms with Crippen LogP contribution in [0.4, 0.5) is 0 Å². The lowest BCUT2D eigenvalue weighted by Gasteiger charge is -2.26. The average Bonchev–Trinajstić information content (AvgIpc) is 2.25. The smallest absolute Gasteiger partial charge is 0.142 e. The second-order valence-electron chi connectivity index (χ2n) is 6.84. The molecule has 0 N–H and O–H groups in total. The summed E-state index contributed by atoms with van der Waals surface area (Å²) in [5, 5.41) is 0. The van der Waals surface area contributed by atoms with Gasteiger partial charge in [-0.25, -0.2) is 9.97 Å². The molecule has 0 saturated carbocycles. The zero-order chi connectivity index (χ0) is 14.8. The molecule has 0 atom stereocenters. The van der Waals surface area contributed by atoms with Gasteiger partial charge in [0.1, 0.15) is 5.82 Å². The summed E-state index contributed by atoms with van der Waals surface area (Å²) in [5.74, 6) is 1.41. The standard InChI is InChI=1S/C16H29N3/c1-9-12-14(11(2)3)15(16(4,5)6)18-13(17-12)10-19(7)8/h11H,9-10H2,1-8H3. The van der Waals surface area contributed by atoms with Crippen LogP contribution in [0, 0.1) is 0 Å². The van der Waals surface area contributed by atoms with Gasteiger partial charge in [-0.05, 0) is 32.0 Å². The van der Waals surface area contributed by atoms with E-state index >= 15 is 0 Å². The van der Waals surface area contributed by atoms with Crippen molar-refractivity contribution in [2.45, 2.75) is 65.8 Å². The maximum absolute atomic E-state index is 4.86. The Bertz CT molecular complexity index is 428. The van der Waals surface area contributed by atoms with Crippen LogP contribution in [0.5, 0.6) is 0 Å². The highest BCUT2D eigenvalue weighted by atomic mass is 15.1. The van der Waals surface area contributed by atoms with Crippen LogP contribution in [-0.2, 0) is 18.4 Å². The van der Waals surface area contributed by atoms with Crippen LogP contribution in [0.25, 0.3) is 0 Å². The molecular formula is C16H29N3. The van der Waals surface area contributed by atoms with E-state index in [2.05, 4.69) is 60.5 Å². The van der Waals surface area contributed by atoms with Gasteiger partial charge < -0.3 is 4.90 Å². The monoisotopic (exact) mass is 263 g/mol. The highest BCUT2D eigenvalue weighted by Crippen LogP contribution is 2.31. The van der Waals surface area contributed by atoms with Crippen molar-refractivity contribution in [3.05, 3.63) is 22.8 Å². The molecular weight excluding hydrogens is 234 g/mol. The van der Waals surface area contributed by atoms with Crippen LogP contribution in [0.1, 0.15) is 70.2 Å². The van der Waals surface area contributed by atoms with E-state index in [4.69, 9.17) is 9.97 Å². The van der Waals surface area contributed by atoms with Gasteiger partial charge in [-0.1, -0.05) is 41.5 Å². The third kappa shape index (κ3) is 4.00. The van der Waals surface area contributed by atoms with Crippen molar-refractivity contribution in [1.82, 2.24) is 14.9 Å². The first kappa shape index (κ1) is 16.1. The van der Waals surface area contributed by atoms with Gasteiger partial charge in [-0.2, -0.15) is 0 Å². The number of hydrogen-bond donors (Lipinski definition) is 0. The van der Waals surface area contributed by atoms with Gasteiger partial charge in [0.25, 0.3) is 0 Å². The van der Waals surface area contributed by atoms with Gasteiger partial charge in [0.2, 0.25) is 0 Å². The van der Waals surface area contributed by atoms with E-state index in [0.29, 0.717) is 5.92 Å². The zero-order valence-corrected chi connectivity index (χ0v) is 13.8. The Balaban J connectivity index is 3.46. The highest BCUT2D eigenvalue weighted by molar-refractivity contribution is 5.33. The van der Waals surface area contributed by atoms with Crippen molar-refractivity contribution in [3.63, 3.8) is 0 Å². The number of rotatable bonds is 4. The van der Waals surface area contributed by atoms with E-state index in [0.717, 1.165) is 18.8 Å². The molecule has 1 rings (SSSR count). The predicted molar refractivity (Wildman–Crippen MR) is 81.6 cm³/mol. The summed E-state index contributed by atoms with van der Waals surface area (Å²) < 4.78 is 0. The zero-order valence-electron chi connectivity index (χ0n) is 13.8. The Labute approximate surface area is 118 Å². The van der Waals surface area contributed by atoms with Crippen LogP contribution < -0.4 is 0 Å². The fourth-order valence-electron chi connectivity index (χ4n) is 2.37. The molecule has 1 heterocycles. The summed E-state index contributed by atoms with van der Waals surface area (Å²) in [4.78, 5) is 11.8. The highest BCUT2D eigenvalue weighted by Gasteiger charge is 2.25. The molecule has 0 spiro atoms. The maximum atomic E-state index is 4.86. The van der Waals surface area contributed by atoms with E-state index in [1.54, 1.807) is 0 Å². The number of aromatic nitrogens is 2. The predicted octanol–water partition coefficient (Wildman–Crippen LogP) is 3.52. The van der Waals surface area contributed by atoms with Crippen molar-refractivity contribution in [3.8, 4) is 0 Å². The van der Waals surface area contributed by atoms with Gasteiger partial charge in [0.05, 0.1) is 12.2 Å². The summed E-state index contributed by atoms with van der Waals surface area (Å²) in [6.07, 6.45) is 0.972. The topological polar surface area (TPSA) is 29.0 Å². The van der Waals surface area contributed by atoms with Crippen LogP contribution in [0.3, 0.4) is 0 Å². The van der Waals surface area contributed by atoms with Crippen LogP contribution in [-0.4, -0.2) is 29.0 Å². The molecule has 0 saturated heterocycles. The van der Waals surface area contributed by atoms with Gasteiger partial charge in [-0.3, -0.25) is 0 Å². The normalized spacial score (nSPS) is 12.5. The molecule has 3 nitrogen and oxygen atoms in total. The van der Waals surface area contributed by atoms with E-state index in [1.807, 2.05) is 0 Å². The first-order chi connectivity index (χ1) is 8.66. The third-order valence-corrected chi connectivity index (χ3v) is 3.15. The average molecular weight is 263 g/mol. The quantitative estimate of drug-likeness (QED) is 0.832. The molecule has 0 fully saturated rings. The van der Waals surface area contributed by atoms with Crippen LogP contribution in [0.15, 0.2) is 0 Å². The molecule has 19 heavy (non-hydrogen) atoms. The van der Waals surface area contributed by atoms with Crippen molar-refractivity contribution in [2.75, 3.05) is 14.1 Å². The van der Waals surface area contributed by atoms with Gasteiger partial charge >= 0.3 is 0 Å². The van der Waals surface area contributed by atoms with Crippen molar-refractivity contribution < 1.29 is 0 Å². The lowest BCUT2D eigenvalue weighted by molar-refractivity contribution is 0.386. The Hall–Kier alpha value is -0.960. The minimum atomic E-state index is 0.0630. The molecule has 1 aromatic rings. The Morgan fingerprint density at radius 2 is 1.68 bits per heavy atom. The summed E-state index contributed by atoms with van der Waals surface area (Å²) in [5.41, 5.74) is 3.84. The fraction of sp³-hybridized carbons (Fsp3) is 0.750. The van der Waals surface area contributed by atoms with Crippen LogP contribution >= 0.6 is 0 Å².